The van der Waals surface area contributed by atoms with Crippen molar-refractivity contribution in [3.8, 4) is 11.8 Å². The second-order valence-electron chi connectivity index (χ2n) is 4.60. The van der Waals surface area contributed by atoms with Crippen LogP contribution in [0.1, 0.15) is 46.5 Å². The van der Waals surface area contributed by atoms with Crippen LogP contribution in [0.2, 0.25) is 0 Å². The molecule has 0 saturated heterocycles. The fourth-order valence-corrected chi connectivity index (χ4v) is 2.14. The summed E-state index contributed by atoms with van der Waals surface area (Å²) in [5, 5.41) is 0. The number of hydrogen-bond donors (Lipinski definition) is 0. The molecular formula is C16H19F3. The van der Waals surface area contributed by atoms with E-state index in [0.29, 0.717) is 6.42 Å². The van der Waals surface area contributed by atoms with E-state index in [9.17, 15) is 13.2 Å². The lowest BCUT2D eigenvalue weighted by atomic mass is 9.93. The first kappa shape index (κ1) is 15.6. The summed E-state index contributed by atoms with van der Waals surface area (Å²) in [6.07, 6.45) is 1.50. The summed E-state index contributed by atoms with van der Waals surface area (Å²) < 4.78 is 38.7. The minimum absolute atomic E-state index is 0.210. The van der Waals surface area contributed by atoms with Crippen LogP contribution in [0.25, 0.3) is 0 Å². The quantitative estimate of drug-likeness (QED) is 0.606. The van der Waals surface area contributed by atoms with E-state index < -0.39 is 11.7 Å². The van der Waals surface area contributed by atoms with Crippen LogP contribution < -0.4 is 0 Å². The monoisotopic (exact) mass is 268 g/mol. The van der Waals surface area contributed by atoms with Crippen molar-refractivity contribution < 1.29 is 13.2 Å². The molecule has 0 nitrogen and oxygen atoms in total. The van der Waals surface area contributed by atoms with E-state index in [0.717, 1.165) is 24.0 Å². The van der Waals surface area contributed by atoms with E-state index in [1.807, 2.05) is 13.0 Å². The number of halogens is 3. The molecule has 0 amide bonds. The van der Waals surface area contributed by atoms with Crippen LogP contribution >= 0.6 is 0 Å². The van der Waals surface area contributed by atoms with Gasteiger partial charge >= 0.3 is 6.18 Å². The molecule has 0 N–H and O–H groups in total. The Hall–Kier alpha value is -1.43. The standard InChI is InChI=1S/C16H19F3/c1-4-8-13(5-2)14-9-6-7-10-15(12(3)11-14)16(17,18)19/h5,11H,4,8-10H2,1-3H3/b13-5+,14-11+,15-12+. The molecule has 1 rings (SSSR count). The number of rotatable bonds is 3. The fourth-order valence-electron chi connectivity index (χ4n) is 2.14. The Labute approximate surface area is 113 Å². The summed E-state index contributed by atoms with van der Waals surface area (Å²) in [6.45, 7) is 5.50. The smallest absolute Gasteiger partial charge is 0.166 e. The molecule has 1 aliphatic carbocycles. The van der Waals surface area contributed by atoms with Crippen molar-refractivity contribution in [1.29, 1.82) is 0 Å². The third-order valence-corrected chi connectivity index (χ3v) is 3.16. The van der Waals surface area contributed by atoms with Crippen molar-refractivity contribution in [2.45, 2.75) is 52.6 Å². The molecule has 0 radical (unpaired) electrons. The maximum Gasteiger partial charge on any atom is 0.413 e. The maximum atomic E-state index is 12.9. The van der Waals surface area contributed by atoms with Crippen molar-refractivity contribution in [2.75, 3.05) is 0 Å². The largest absolute Gasteiger partial charge is 0.413 e. The van der Waals surface area contributed by atoms with Gasteiger partial charge in [-0.1, -0.05) is 37.3 Å². The van der Waals surface area contributed by atoms with Gasteiger partial charge in [0, 0.05) is 18.4 Å². The molecule has 0 heterocycles. The van der Waals surface area contributed by atoms with Crippen LogP contribution in [-0.4, -0.2) is 6.18 Å². The average molecular weight is 268 g/mol. The van der Waals surface area contributed by atoms with E-state index >= 15 is 0 Å². The molecule has 3 heteroatoms. The molecule has 0 spiro atoms. The second kappa shape index (κ2) is 6.65. The third-order valence-electron chi connectivity index (χ3n) is 3.16. The molecule has 0 aliphatic heterocycles. The van der Waals surface area contributed by atoms with Gasteiger partial charge in [0.2, 0.25) is 0 Å². The van der Waals surface area contributed by atoms with Crippen LogP contribution in [0.4, 0.5) is 13.2 Å². The highest BCUT2D eigenvalue weighted by Crippen LogP contribution is 2.33. The predicted molar refractivity (Wildman–Crippen MR) is 72.5 cm³/mol. The molecule has 1 aliphatic rings. The van der Waals surface area contributed by atoms with Crippen LogP contribution in [0.3, 0.4) is 0 Å². The molecule has 19 heavy (non-hydrogen) atoms. The van der Waals surface area contributed by atoms with Gasteiger partial charge in [-0.15, -0.1) is 0 Å². The molecule has 0 aromatic heterocycles. The minimum Gasteiger partial charge on any atom is -0.166 e. The molecule has 0 fully saturated rings. The first-order valence-electron chi connectivity index (χ1n) is 6.49. The summed E-state index contributed by atoms with van der Waals surface area (Å²) in [5.41, 5.74) is 1.77. The van der Waals surface area contributed by atoms with Gasteiger partial charge in [0.15, 0.2) is 0 Å². The lowest BCUT2D eigenvalue weighted by molar-refractivity contribution is -0.0933. The van der Waals surface area contributed by atoms with Crippen molar-refractivity contribution in [3.05, 3.63) is 34.4 Å². The summed E-state index contributed by atoms with van der Waals surface area (Å²) in [4.78, 5) is 0. The van der Waals surface area contributed by atoms with Crippen LogP contribution in [0.5, 0.6) is 0 Å². The zero-order chi connectivity index (χ0) is 14.5. The molecule has 0 aromatic carbocycles. The Morgan fingerprint density at radius 1 is 1.32 bits per heavy atom. The zero-order valence-corrected chi connectivity index (χ0v) is 11.6. The molecule has 0 saturated carbocycles. The highest BCUT2D eigenvalue weighted by atomic mass is 19.4. The summed E-state index contributed by atoms with van der Waals surface area (Å²) in [6, 6.07) is 0. The molecule has 0 atom stereocenters. The normalized spacial score (nSPS) is 23.9. The maximum absolute atomic E-state index is 12.9. The molecule has 0 bridgehead atoms. The van der Waals surface area contributed by atoms with E-state index in [-0.39, 0.29) is 12.0 Å². The van der Waals surface area contributed by atoms with Gasteiger partial charge in [-0.2, -0.15) is 13.2 Å². The first-order chi connectivity index (χ1) is 8.90. The van der Waals surface area contributed by atoms with Crippen LogP contribution in [-0.2, 0) is 0 Å². The van der Waals surface area contributed by atoms with Crippen molar-refractivity contribution in [2.24, 2.45) is 0 Å². The van der Waals surface area contributed by atoms with Gasteiger partial charge in [0.25, 0.3) is 0 Å². The minimum atomic E-state index is -4.29. The Bertz CT molecular complexity index is 476. The van der Waals surface area contributed by atoms with Crippen LogP contribution in [0, 0.1) is 11.8 Å². The van der Waals surface area contributed by atoms with Gasteiger partial charge in [-0.05, 0) is 37.0 Å². The van der Waals surface area contributed by atoms with Crippen molar-refractivity contribution in [3.63, 3.8) is 0 Å². The first-order valence-corrected chi connectivity index (χ1v) is 6.49. The van der Waals surface area contributed by atoms with Crippen molar-refractivity contribution >= 4 is 0 Å². The summed E-state index contributed by atoms with van der Waals surface area (Å²) in [5.74, 6) is 5.47. The highest BCUT2D eigenvalue weighted by Gasteiger charge is 2.34. The van der Waals surface area contributed by atoms with Gasteiger partial charge in [0.1, 0.15) is 0 Å². The highest BCUT2D eigenvalue weighted by molar-refractivity contribution is 5.43. The SMILES string of the molecule is C/C=C(CCC)/C1=C/C(C)=C(/C(F)(F)F)CC#CC1. The van der Waals surface area contributed by atoms with Crippen LogP contribution in [0.15, 0.2) is 34.4 Å². The van der Waals surface area contributed by atoms with Gasteiger partial charge < -0.3 is 0 Å². The van der Waals surface area contributed by atoms with E-state index in [1.54, 1.807) is 6.08 Å². The average Bonchev–Trinajstić information content (AvgIpc) is 2.29. The molecule has 104 valence electrons. The van der Waals surface area contributed by atoms with Gasteiger partial charge in [-0.25, -0.2) is 0 Å². The van der Waals surface area contributed by atoms with E-state index in [2.05, 4.69) is 18.8 Å². The summed E-state index contributed by atoms with van der Waals surface area (Å²) >= 11 is 0. The lowest BCUT2D eigenvalue weighted by Crippen LogP contribution is -2.13. The zero-order valence-electron chi connectivity index (χ0n) is 11.6. The number of hydrogen-bond acceptors (Lipinski definition) is 0. The molecular weight excluding hydrogens is 249 g/mol. The Balaban J connectivity index is 3.22. The predicted octanol–water partition coefficient (Wildman–Crippen LogP) is 5.34. The van der Waals surface area contributed by atoms with Crippen molar-refractivity contribution in [1.82, 2.24) is 0 Å². The number of alkyl halides is 3. The number of allylic oxidation sites excluding steroid dienone is 6. The topological polar surface area (TPSA) is 0 Å². The Morgan fingerprint density at radius 2 is 1.95 bits per heavy atom. The van der Waals surface area contributed by atoms with E-state index in [4.69, 9.17) is 0 Å². The lowest BCUT2D eigenvalue weighted by Gasteiger charge is -2.15. The van der Waals surface area contributed by atoms with Gasteiger partial charge in [0.05, 0.1) is 0 Å². The molecule has 0 aromatic rings. The Morgan fingerprint density at radius 3 is 2.47 bits per heavy atom. The van der Waals surface area contributed by atoms with E-state index in [1.165, 1.54) is 6.92 Å². The summed E-state index contributed by atoms with van der Waals surface area (Å²) in [7, 11) is 0. The molecule has 0 unspecified atom stereocenters. The van der Waals surface area contributed by atoms with Gasteiger partial charge in [-0.3, -0.25) is 0 Å². The fraction of sp³-hybridized carbons (Fsp3) is 0.500. The third kappa shape index (κ3) is 4.31. The Kier molecular flexibility index (Phi) is 5.47. The second-order valence-corrected chi connectivity index (χ2v) is 4.60.